The van der Waals surface area contributed by atoms with Gasteiger partial charge in [-0.1, -0.05) is 0 Å². The summed E-state index contributed by atoms with van der Waals surface area (Å²) in [5.41, 5.74) is 2.21. The van der Waals surface area contributed by atoms with Crippen molar-refractivity contribution in [3.63, 3.8) is 0 Å². The van der Waals surface area contributed by atoms with Crippen molar-refractivity contribution in [1.29, 1.82) is 0 Å². The fraction of sp³-hybridized carbons (Fsp3) is 0.750. The fourth-order valence-electron chi connectivity index (χ4n) is 2.24. The Balaban J connectivity index is 2.06. The van der Waals surface area contributed by atoms with Crippen LogP contribution in [0.2, 0.25) is 0 Å². The lowest BCUT2D eigenvalue weighted by Gasteiger charge is -2.33. The molecule has 0 bridgehead atoms. The Morgan fingerprint density at radius 1 is 1.59 bits per heavy atom. The third kappa shape index (κ3) is 2.86. The van der Waals surface area contributed by atoms with E-state index in [4.69, 9.17) is 9.84 Å². The lowest BCUT2D eigenvalue weighted by Crippen LogP contribution is -2.42. The average molecular weight is 239 g/mol. The van der Waals surface area contributed by atoms with E-state index in [1.807, 2.05) is 6.92 Å². The first kappa shape index (κ1) is 12.5. The molecule has 5 nitrogen and oxygen atoms in total. The third-order valence-corrected chi connectivity index (χ3v) is 3.18. The molecule has 17 heavy (non-hydrogen) atoms. The van der Waals surface area contributed by atoms with Crippen LogP contribution in [0.15, 0.2) is 6.07 Å². The molecule has 2 heterocycles. The van der Waals surface area contributed by atoms with E-state index >= 15 is 0 Å². The normalized spacial score (nSPS) is 20.5. The van der Waals surface area contributed by atoms with Crippen molar-refractivity contribution in [2.45, 2.75) is 39.6 Å². The number of hydrogen-bond acceptors (Lipinski definition) is 4. The van der Waals surface area contributed by atoms with E-state index in [9.17, 15) is 0 Å². The second-order valence-electron chi connectivity index (χ2n) is 4.49. The summed E-state index contributed by atoms with van der Waals surface area (Å²) in [4.78, 5) is 2.28. The maximum atomic E-state index is 9.02. The molecule has 1 atom stereocenters. The molecule has 0 saturated heterocycles. The monoisotopic (exact) mass is 239 g/mol. The summed E-state index contributed by atoms with van der Waals surface area (Å²) in [5, 5.41) is 13.6. The van der Waals surface area contributed by atoms with Gasteiger partial charge in [0.05, 0.1) is 31.1 Å². The number of nitrogens with zero attached hydrogens (tertiary/aromatic N) is 3. The van der Waals surface area contributed by atoms with Crippen molar-refractivity contribution in [3.8, 4) is 0 Å². The van der Waals surface area contributed by atoms with Crippen molar-refractivity contribution in [3.05, 3.63) is 17.5 Å². The highest BCUT2D eigenvalue weighted by Gasteiger charge is 2.23. The van der Waals surface area contributed by atoms with Gasteiger partial charge in [0.2, 0.25) is 0 Å². The standard InChI is InChI=1S/C12H21N3O2/c1-3-17-9-11-6-12-8-14(4-5-16)10(2)7-15(12)13-11/h6,10,16H,3-5,7-9H2,1-2H3/t10-/m0/s1. The second kappa shape index (κ2) is 5.62. The number of hydrogen-bond donors (Lipinski definition) is 1. The van der Waals surface area contributed by atoms with Crippen LogP contribution in [0.25, 0.3) is 0 Å². The van der Waals surface area contributed by atoms with E-state index < -0.39 is 0 Å². The molecule has 0 aromatic carbocycles. The van der Waals surface area contributed by atoms with Crippen molar-refractivity contribution in [2.24, 2.45) is 0 Å². The Kier molecular flexibility index (Phi) is 4.15. The van der Waals surface area contributed by atoms with Gasteiger partial charge < -0.3 is 9.84 Å². The predicted molar refractivity (Wildman–Crippen MR) is 64.5 cm³/mol. The molecule has 1 N–H and O–H groups in total. The van der Waals surface area contributed by atoms with Crippen LogP contribution in [-0.4, -0.2) is 45.6 Å². The number of ether oxygens (including phenoxy) is 1. The first-order valence-corrected chi connectivity index (χ1v) is 6.22. The van der Waals surface area contributed by atoms with E-state index in [1.165, 1.54) is 5.69 Å². The molecule has 1 aliphatic heterocycles. The van der Waals surface area contributed by atoms with Crippen LogP contribution >= 0.6 is 0 Å². The fourth-order valence-corrected chi connectivity index (χ4v) is 2.24. The molecule has 0 unspecified atom stereocenters. The van der Waals surface area contributed by atoms with Crippen LogP contribution in [0.3, 0.4) is 0 Å². The maximum absolute atomic E-state index is 9.02. The first-order valence-electron chi connectivity index (χ1n) is 6.22. The van der Waals surface area contributed by atoms with Crippen LogP contribution in [-0.2, 0) is 24.4 Å². The van der Waals surface area contributed by atoms with Gasteiger partial charge in [-0.15, -0.1) is 0 Å². The molecule has 5 heteroatoms. The Morgan fingerprint density at radius 2 is 2.41 bits per heavy atom. The van der Waals surface area contributed by atoms with E-state index in [2.05, 4.69) is 27.7 Å². The summed E-state index contributed by atoms with van der Waals surface area (Å²) >= 11 is 0. The van der Waals surface area contributed by atoms with Crippen LogP contribution in [0, 0.1) is 0 Å². The number of aliphatic hydroxyl groups is 1. The summed E-state index contributed by atoms with van der Waals surface area (Å²) in [6.07, 6.45) is 0. The molecule has 0 aliphatic carbocycles. The topological polar surface area (TPSA) is 50.5 Å². The van der Waals surface area contributed by atoms with Gasteiger partial charge in [-0.3, -0.25) is 9.58 Å². The number of aromatic nitrogens is 2. The Labute approximate surface area is 102 Å². The summed E-state index contributed by atoms with van der Waals surface area (Å²) in [5.74, 6) is 0. The summed E-state index contributed by atoms with van der Waals surface area (Å²) in [6.45, 7) is 8.16. The van der Waals surface area contributed by atoms with Gasteiger partial charge >= 0.3 is 0 Å². The quantitative estimate of drug-likeness (QED) is 0.818. The second-order valence-corrected chi connectivity index (χ2v) is 4.49. The van der Waals surface area contributed by atoms with E-state index in [0.717, 1.165) is 31.9 Å². The van der Waals surface area contributed by atoms with Crippen LogP contribution in [0.4, 0.5) is 0 Å². The summed E-state index contributed by atoms with van der Waals surface area (Å²) in [6, 6.07) is 2.53. The lowest BCUT2D eigenvalue weighted by molar-refractivity contribution is 0.113. The summed E-state index contributed by atoms with van der Waals surface area (Å²) in [7, 11) is 0. The lowest BCUT2D eigenvalue weighted by atomic mass is 10.2. The van der Waals surface area contributed by atoms with Crippen LogP contribution < -0.4 is 0 Å². The first-order chi connectivity index (χ1) is 8.24. The SMILES string of the molecule is CCOCc1cc2n(n1)C[C@H](C)N(CCO)C2. The highest BCUT2D eigenvalue weighted by molar-refractivity contribution is 5.12. The number of aliphatic hydroxyl groups excluding tert-OH is 1. The molecule has 1 aliphatic rings. The Hall–Kier alpha value is -0.910. The van der Waals surface area contributed by atoms with Gasteiger partial charge in [0.25, 0.3) is 0 Å². The molecule has 96 valence electrons. The molecule has 0 radical (unpaired) electrons. The molecular formula is C12H21N3O2. The number of fused-ring (bicyclic) bond motifs is 1. The molecule has 1 aromatic heterocycles. The Morgan fingerprint density at radius 3 is 3.12 bits per heavy atom. The smallest absolute Gasteiger partial charge is 0.0906 e. The van der Waals surface area contributed by atoms with Crippen molar-refractivity contribution >= 4 is 0 Å². The molecule has 2 rings (SSSR count). The molecule has 1 aromatic rings. The van der Waals surface area contributed by atoms with E-state index in [1.54, 1.807) is 0 Å². The van der Waals surface area contributed by atoms with Crippen LogP contribution in [0.5, 0.6) is 0 Å². The molecule has 0 saturated carbocycles. The van der Waals surface area contributed by atoms with E-state index in [0.29, 0.717) is 12.6 Å². The molecular weight excluding hydrogens is 218 g/mol. The summed E-state index contributed by atoms with van der Waals surface area (Å²) < 4.78 is 7.43. The number of β-amino-alcohol motifs (C(OH)–C–C–N with tert-alkyl or cyclic N) is 1. The predicted octanol–water partition coefficient (Wildman–Crippen LogP) is 0.616. The highest BCUT2D eigenvalue weighted by Crippen LogP contribution is 2.18. The van der Waals surface area contributed by atoms with E-state index in [-0.39, 0.29) is 6.61 Å². The van der Waals surface area contributed by atoms with Crippen LogP contribution in [0.1, 0.15) is 25.2 Å². The van der Waals surface area contributed by atoms with Gasteiger partial charge in [-0.05, 0) is 19.9 Å². The van der Waals surface area contributed by atoms with Crippen molar-refractivity contribution < 1.29 is 9.84 Å². The molecule has 0 fully saturated rings. The minimum atomic E-state index is 0.213. The zero-order valence-corrected chi connectivity index (χ0v) is 10.6. The minimum Gasteiger partial charge on any atom is -0.395 e. The van der Waals surface area contributed by atoms with Gasteiger partial charge in [-0.25, -0.2) is 0 Å². The molecule has 0 amide bonds. The maximum Gasteiger partial charge on any atom is 0.0906 e. The largest absolute Gasteiger partial charge is 0.395 e. The van der Waals surface area contributed by atoms with Gasteiger partial charge in [0, 0.05) is 25.7 Å². The van der Waals surface area contributed by atoms with Crippen molar-refractivity contribution in [1.82, 2.24) is 14.7 Å². The molecule has 0 spiro atoms. The Bertz CT molecular complexity index is 365. The number of rotatable bonds is 5. The van der Waals surface area contributed by atoms with Gasteiger partial charge in [-0.2, -0.15) is 5.10 Å². The van der Waals surface area contributed by atoms with Gasteiger partial charge in [0.15, 0.2) is 0 Å². The zero-order valence-electron chi connectivity index (χ0n) is 10.6. The van der Waals surface area contributed by atoms with Crippen molar-refractivity contribution in [2.75, 3.05) is 19.8 Å². The third-order valence-electron chi connectivity index (χ3n) is 3.18. The van der Waals surface area contributed by atoms with Gasteiger partial charge in [0.1, 0.15) is 0 Å². The average Bonchev–Trinajstić information content (AvgIpc) is 2.69. The minimum absolute atomic E-state index is 0.213. The highest BCUT2D eigenvalue weighted by atomic mass is 16.5. The zero-order chi connectivity index (χ0) is 12.3.